The summed E-state index contributed by atoms with van der Waals surface area (Å²) in [5.74, 6) is 2.83. The van der Waals surface area contributed by atoms with Crippen molar-refractivity contribution in [3.8, 4) is 12.3 Å². The molecule has 50 heavy (non-hydrogen) atoms. The first-order valence-corrected chi connectivity index (χ1v) is 15.8. The van der Waals surface area contributed by atoms with Gasteiger partial charge in [-0.3, -0.25) is 9.59 Å². The Morgan fingerprint density at radius 3 is 2.26 bits per heavy atom. The third-order valence-electron chi connectivity index (χ3n) is 5.72. The van der Waals surface area contributed by atoms with Gasteiger partial charge in [0.15, 0.2) is 5.95 Å². The van der Waals surface area contributed by atoms with Crippen molar-refractivity contribution in [3.63, 3.8) is 0 Å². The molecule has 0 saturated heterocycles. The molecule has 276 valence electrons. The first-order chi connectivity index (χ1) is 23.0. The predicted molar refractivity (Wildman–Crippen MR) is 193 cm³/mol. The molecule has 0 bridgehead atoms. The van der Waals surface area contributed by atoms with Gasteiger partial charge in [-0.2, -0.15) is 0 Å². The molecule has 3 heterocycles. The van der Waals surface area contributed by atoms with Crippen molar-refractivity contribution >= 4 is 42.2 Å². The highest BCUT2D eigenvalue weighted by Crippen LogP contribution is 2.13. The maximum absolute atomic E-state index is 11.8. The average Bonchev–Trinajstić information content (AvgIpc) is 3.71. The van der Waals surface area contributed by atoms with Crippen LogP contribution >= 0.6 is 12.4 Å². The molecule has 0 aromatic carbocycles. The standard InChI is InChI=1S/C13H21N7O.C13H19N3O2.C5H10N4O.ClH/c1-9(2)16-12(21)8-20-7-11(18-19-20)5-3-4-10-6-15-13(14)17-10;1-5-6-7-8-10-9-16(11(14)15-10)12(17)18-13(2,3)4;1-4(2)8-5(10)3-7-9-6;/h6-7,9H,3-5,8H2,1-2H3,(H,16,21)(H3,14,15,17);1,9H,6-8H2,2-4H3,(H2,14,15);4H,3H2,1-2H3,(H,8,10);1H. The van der Waals surface area contributed by atoms with Crippen LogP contribution in [0.4, 0.5) is 16.7 Å². The highest BCUT2D eigenvalue weighted by molar-refractivity contribution is 5.85. The van der Waals surface area contributed by atoms with E-state index in [1.54, 1.807) is 44.0 Å². The van der Waals surface area contributed by atoms with E-state index in [2.05, 4.69) is 51.8 Å². The van der Waals surface area contributed by atoms with Crippen LogP contribution in [0.3, 0.4) is 0 Å². The number of rotatable bonds is 13. The second-order valence-electron chi connectivity index (χ2n) is 12.4. The Bertz CT molecular complexity index is 1560. The van der Waals surface area contributed by atoms with E-state index in [4.69, 9.17) is 28.2 Å². The van der Waals surface area contributed by atoms with Gasteiger partial charge in [-0.15, -0.1) is 29.8 Å². The monoisotopic (exact) mass is 718 g/mol. The molecule has 18 nitrogen and oxygen atoms in total. The number of amides is 2. The fraction of sp³-hybridized carbons (Fsp3) is 0.581. The van der Waals surface area contributed by atoms with Crippen LogP contribution in [0.25, 0.3) is 10.4 Å². The molecular formula is C31H51ClN14O4. The van der Waals surface area contributed by atoms with Gasteiger partial charge in [-0.05, 0) is 86.1 Å². The largest absolute Gasteiger partial charge is 0.443 e. The molecule has 7 N–H and O–H groups in total. The molecule has 0 aliphatic rings. The highest BCUT2D eigenvalue weighted by atomic mass is 35.5. The maximum Gasteiger partial charge on any atom is 0.421 e. The number of H-pyrrole nitrogens is 1. The van der Waals surface area contributed by atoms with Gasteiger partial charge in [0.25, 0.3) is 0 Å². The number of terminal acetylenes is 1. The van der Waals surface area contributed by atoms with Crippen LogP contribution in [0.15, 0.2) is 23.7 Å². The summed E-state index contributed by atoms with van der Waals surface area (Å²) in [6.45, 7) is 13.0. The third-order valence-corrected chi connectivity index (χ3v) is 5.72. The number of nitrogens with two attached hydrogens (primary N) is 2. The molecule has 0 radical (unpaired) electrons. The fourth-order valence-electron chi connectivity index (χ4n) is 3.87. The summed E-state index contributed by atoms with van der Waals surface area (Å²) in [7, 11) is 0. The Morgan fingerprint density at radius 1 is 1.06 bits per heavy atom. The summed E-state index contributed by atoms with van der Waals surface area (Å²) in [6.07, 6.45) is 14.6. The number of aryl methyl sites for hydroxylation is 3. The molecule has 0 atom stereocenters. The Hall–Kier alpha value is -5.27. The van der Waals surface area contributed by atoms with Gasteiger partial charge in [-0.1, -0.05) is 10.3 Å². The Kier molecular flexibility index (Phi) is 20.7. The molecule has 0 unspecified atom stereocenters. The predicted octanol–water partition coefficient (Wildman–Crippen LogP) is 3.73. The molecule has 19 heteroatoms. The van der Waals surface area contributed by atoms with Crippen molar-refractivity contribution in [2.75, 3.05) is 18.0 Å². The van der Waals surface area contributed by atoms with Crippen LogP contribution in [0.2, 0.25) is 0 Å². The summed E-state index contributed by atoms with van der Waals surface area (Å²) < 4.78 is 7.99. The summed E-state index contributed by atoms with van der Waals surface area (Å²) in [5.41, 5.74) is 21.1. The van der Waals surface area contributed by atoms with Gasteiger partial charge < -0.3 is 31.8 Å². The Balaban J connectivity index is 0.000000758. The van der Waals surface area contributed by atoms with Gasteiger partial charge in [0.1, 0.15) is 18.7 Å². The second-order valence-corrected chi connectivity index (χ2v) is 12.4. The first kappa shape index (κ1) is 44.7. The van der Waals surface area contributed by atoms with E-state index in [0.29, 0.717) is 18.8 Å². The van der Waals surface area contributed by atoms with Gasteiger partial charge in [0, 0.05) is 41.5 Å². The third kappa shape index (κ3) is 20.2. The lowest BCUT2D eigenvalue weighted by Crippen LogP contribution is -2.33. The lowest BCUT2D eigenvalue weighted by molar-refractivity contribution is -0.122. The fourth-order valence-corrected chi connectivity index (χ4v) is 3.87. The molecule has 3 aromatic heterocycles. The number of nitrogens with one attached hydrogen (secondary N) is 3. The molecule has 0 fully saturated rings. The number of anilines is 2. The minimum atomic E-state index is -0.558. The van der Waals surface area contributed by atoms with E-state index in [9.17, 15) is 14.4 Å². The van der Waals surface area contributed by atoms with Crippen LogP contribution in [-0.4, -0.2) is 76.6 Å². The van der Waals surface area contributed by atoms with Crippen LogP contribution in [0.1, 0.15) is 84.8 Å². The number of carbonyl (C=O) groups is 3. The van der Waals surface area contributed by atoms with Gasteiger partial charge >= 0.3 is 6.09 Å². The molecule has 0 aliphatic carbocycles. The van der Waals surface area contributed by atoms with E-state index in [-0.39, 0.29) is 55.3 Å². The van der Waals surface area contributed by atoms with Crippen molar-refractivity contribution in [2.45, 2.75) is 111 Å². The number of azide groups is 1. The van der Waals surface area contributed by atoms with Crippen molar-refractivity contribution in [2.24, 2.45) is 5.11 Å². The van der Waals surface area contributed by atoms with Crippen molar-refractivity contribution in [1.82, 2.24) is 45.1 Å². The van der Waals surface area contributed by atoms with Crippen LogP contribution in [0, 0.1) is 12.3 Å². The number of nitrogen functional groups attached to an aromatic ring is 2. The smallest absolute Gasteiger partial charge is 0.421 e. The molecular weight excluding hydrogens is 668 g/mol. The number of halogens is 1. The second kappa shape index (κ2) is 23.1. The van der Waals surface area contributed by atoms with E-state index in [1.807, 2.05) is 27.7 Å². The highest BCUT2D eigenvalue weighted by Gasteiger charge is 2.20. The number of aromatic nitrogens is 7. The number of imidazole rings is 2. The zero-order valence-electron chi connectivity index (χ0n) is 29.8. The van der Waals surface area contributed by atoms with Crippen molar-refractivity contribution in [1.29, 1.82) is 0 Å². The van der Waals surface area contributed by atoms with E-state index < -0.39 is 11.7 Å². The number of hydrogen-bond donors (Lipinski definition) is 5. The Morgan fingerprint density at radius 2 is 1.70 bits per heavy atom. The van der Waals surface area contributed by atoms with E-state index in [0.717, 1.165) is 42.8 Å². The number of ether oxygens (including phenoxy) is 1. The summed E-state index contributed by atoms with van der Waals surface area (Å²) in [6, 6.07) is 0.226. The molecule has 0 spiro atoms. The lowest BCUT2D eigenvalue weighted by atomic mass is 10.2. The van der Waals surface area contributed by atoms with Crippen molar-refractivity contribution in [3.05, 3.63) is 46.1 Å². The van der Waals surface area contributed by atoms with Gasteiger partial charge in [-0.25, -0.2) is 24.0 Å². The minimum absolute atomic E-state index is 0. The van der Waals surface area contributed by atoms with E-state index >= 15 is 0 Å². The maximum atomic E-state index is 11.8. The SMILES string of the molecule is C#CCCCc1cn(C(=O)OC(C)(C)C)c(N)n1.CC(C)NC(=O)CN=[N+]=[N-].CC(C)NC(=O)Cn1cc(CCCc2cnc(N)[nH]2)nn1.Cl. The summed E-state index contributed by atoms with van der Waals surface area (Å²) in [4.78, 5) is 47.5. The van der Waals surface area contributed by atoms with Crippen molar-refractivity contribution < 1.29 is 19.1 Å². The molecule has 0 aliphatic heterocycles. The number of nitrogens with zero attached hydrogens (tertiary/aromatic N) is 9. The number of hydrogen-bond acceptors (Lipinski definition) is 11. The molecule has 3 rings (SSSR count). The van der Waals surface area contributed by atoms with Crippen LogP contribution in [0.5, 0.6) is 0 Å². The van der Waals surface area contributed by atoms with Crippen LogP contribution < -0.4 is 22.1 Å². The van der Waals surface area contributed by atoms with E-state index in [1.165, 1.54) is 4.57 Å². The number of aromatic amines is 1. The quantitative estimate of drug-likeness (QED) is 0.0562. The molecule has 0 saturated carbocycles. The normalized spacial score (nSPS) is 10.3. The number of unbranched alkanes of at least 4 members (excludes halogenated alkanes) is 1. The van der Waals surface area contributed by atoms with Gasteiger partial charge in [0.05, 0.1) is 17.6 Å². The first-order valence-electron chi connectivity index (χ1n) is 15.8. The van der Waals surface area contributed by atoms with Gasteiger partial charge in [0.2, 0.25) is 17.8 Å². The molecule has 3 aromatic rings. The topological polar surface area (TPSA) is 263 Å². The zero-order chi connectivity index (χ0) is 37.0. The summed E-state index contributed by atoms with van der Waals surface area (Å²) >= 11 is 0. The zero-order valence-corrected chi connectivity index (χ0v) is 30.7. The average molecular weight is 719 g/mol. The lowest BCUT2D eigenvalue weighted by Gasteiger charge is -2.19. The van der Waals surface area contributed by atoms with Crippen LogP contribution in [-0.2, 0) is 40.1 Å². The number of carbonyl (C=O) groups excluding carboxylic acids is 3. The Labute approximate surface area is 298 Å². The molecule has 2 amide bonds. The summed E-state index contributed by atoms with van der Waals surface area (Å²) in [5, 5.41) is 16.5. The minimum Gasteiger partial charge on any atom is -0.443 e.